The average Bonchev–Trinajstić information content (AvgIpc) is 2.59. The molecule has 0 bridgehead atoms. The fraction of sp³-hybridized carbons (Fsp3) is 0.300. The monoisotopic (exact) mass is 326 g/mol. The standard InChI is InChI=1S/C20H22O4/c1-14-11-17(18(21)9-10-19(22)23-3)12-15(2)20(14)24-13-16-7-5-4-6-8-16/h4-8,11-12H,9-10,13H2,1-3H3. The van der Waals surface area contributed by atoms with Crippen molar-refractivity contribution in [2.75, 3.05) is 7.11 Å². The third-order valence-electron chi connectivity index (χ3n) is 3.79. The van der Waals surface area contributed by atoms with Crippen LogP contribution in [0.3, 0.4) is 0 Å². The number of methoxy groups -OCH3 is 1. The molecule has 0 unspecified atom stereocenters. The molecule has 0 aliphatic rings. The van der Waals surface area contributed by atoms with Crippen molar-refractivity contribution in [3.63, 3.8) is 0 Å². The third-order valence-corrected chi connectivity index (χ3v) is 3.79. The van der Waals surface area contributed by atoms with E-state index in [0.717, 1.165) is 22.4 Å². The summed E-state index contributed by atoms with van der Waals surface area (Å²) in [4.78, 5) is 23.4. The van der Waals surface area contributed by atoms with Gasteiger partial charge in [-0.25, -0.2) is 0 Å². The van der Waals surface area contributed by atoms with Gasteiger partial charge in [0.15, 0.2) is 5.78 Å². The number of hydrogen-bond acceptors (Lipinski definition) is 4. The molecule has 24 heavy (non-hydrogen) atoms. The molecule has 0 fully saturated rings. The van der Waals surface area contributed by atoms with Crippen LogP contribution in [0.1, 0.15) is 39.9 Å². The van der Waals surface area contributed by atoms with Gasteiger partial charge in [-0.15, -0.1) is 0 Å². The first kappa shape index (κ1) is 17.7. The average molecular weight is 326 g/mol. The zero-order chi connectivity index (χ0) is 17.5. The number of ether oxygens (including phenoxy) is 2. The Morgan fingerprint density at radius 1 is 0.958 bits per heavy atom. The van der Waals surface area contributed by atoms with Crippen LogP contribution < -0.4 is 4.74 Å². The van der Waals surface area contributed by atoms with Crippen LogP contribution in [0, 0.1) is 13.8 Å². The van der Waals surface area contributed by atoms with Crippen LogP contribution in [-0.4, -0.2) is 18.9 Å². The maximum Gasteiger partial charge on any atom is 0.305 e. The molecule has 126 valence electrons. The number of benzene rings is 2. The summed E-state index contributed by atoms with van der Waals surface area (Å²) in [5, 5.41) is 0. The Kier molecular flexibility index (Phi) is 6.13. The molecule has 0 heterocycles. The molecule has 0 N–H and O–H groups in total. The minimum Gasteiger partial charge on any atom is -0.488 e. The molecule has 2 rings (SSSR count). The Bertz CT molecular complexity index is 697. The van der Waals surface area contributed by atoms with Crippen LogP contribution in [0.25, 0.3) is 0 Å². The minimum absolute atomic E-state index is 0.0683. The second-order valence-electron chi connectivity index (χ2n) is 5.71. The summed E-state index contributed by atoms with van der Waals surface area (Å²) in [6, 6.07) is 13.6. The SMILES string of the molecule is COC(=O)CCC(=O)c1cc(C)c(OCc2ccccc2)c(C)c1. The molecular weight excluding hydrogens is 304 g/mol. The van der Waals surface area contributed by atoms with E-state index < -0.39 is 0 Å². The molecule has 4 nitrogen and oxygen atoms in total. The van der Waals surface area contributed by atoms with Crippen molar-refractivity contribution in [2.24, 2.45) is 0 Å². The highest BCUT2D eigenvalue weighted by molar-refractivity contribution is 5.98. The number of esters is 1. The van der Waals surface area contributed by atoms with Gasteiger partial charge in [-0.3, -0.25) is 9.59 Å². The first-order chi connectivity index (χ1) is 11.5. The summed E-state index contributed by atoms with van der Waals surface area (Å²) < 4.78 is 10.5. The molecule has 0 aromatic heterocycles. The molecule has 0 amide bonds. The van der Waals surface area contributed by atoms with Crippen molar-refractivity contribution in [2.45, 2.75) is 33.3 Å². The number of ketones is 1. The molecule has 0 saturated heterocycles. The minimum atomic E-state index is -0.375. The van der Waals surface area contributed by atoms with Crippen LogP contribution in [-0.2, 0) is 16.1 Å². The van der Waals surface area contributed by atoms with Gasteiger partial charge in [-0.1, -0.05) is 30.3 Å². The summed E-state index contributed by atoms with van der Waals surface area (Å²) in [5.41, 5.74) is 3.51. The number of Topliss-reactive ketones (excluding diaryl/α,β-unsaturated/α-hetero) is 1. The van der Waals surface area contributed by atoms with E-state index in [1.165, 1.54) is 7.11 Å². The molecule has 2 aromatic carbocycles. The largest absolute Gasteiger partial charge is 0.488 e. The molecule has 0 saturated carbocycles. The molecule has 0 atom stereocenters. The Balaban J connectivity index is 2.07. The van der Waals surface area contributed by atoms with E-state index in [0.29, 0.717) is 12.2 Å². The van der Waals surface area contributed by atoms with Crippen LogP contribution in [0.15, 0.2) is 42.5 Å². The number of aryl methyl sites for hydroxylation is 2. The molecule has 0 radical (unpaired) electrons. The van der Waals surface area contributed by atoms with Crippen molar-refractivity contribution in [3.8, 4) is 5.75 Å². The highest BCUT2D eigenvalue weighted by Crippen LogP contribution is 2.26. The van der Waals surface area contributed by atoms with E-state index >= 15 is 0 Å². The Hall–Kier alpha value is -2.62. The van der Waals surface area contributed by atoms with Crippen LogP contribution in [0.4, 0.5) is 0 Å². The third kappa shape index (κ3) is 4.69. The van der Waals surface area contributed by atoms with Crippen LogP contribution in [0.2, 0.25) is 0 Å². The first-order valence-electron chi connectivity index (χ1n) is 7.89. The summed E-state index contributed by atoms with van der Waals surface area (Å²) in [6.07, 6.45) is 0.245. The molecule has 2 aromatic rings. The number of carbonyl (C=O) groups is 2. The van der Waals surface area contributed by atoms with Gasteiger partial charge in [-0.05, 0) is 42.7 Å². The van der Waals surface area contributed by atoms with Crippen molar-refractivity contribution >= 4 is 11.8 Å². The molecule has 0 aliphatic heterocycles. The van der Waals surface area contributed by atoms with Crippen LogP contribution in [0.5, 0.6) is 5.75 Å². The molecular formula is C20H22O4. The van der Waals surface area contributed by atoms with Crippen molar-refractivity contribution in [1.29, 1.82) is 0 Å². The van der Waals surface area contributed by atoms with Gasteiger partial charge < -0.3 is 9.47 Å². The van der Waals surface area contributed by atoms with E-state index in [9.17, 15) is 9.59 Å². The number of rotatable bonds is 7. The fourth-order valence-corrected chi connectivity index (χ4v) is 2.53. The maximum atomic E-state index is 12.2. The predicted molar refractivity (Wildman–Crippen MR) is 92.3 cm³/mol. The predicted octanol–water partition coefficient (Wildman–Crippen LogP) is 4.02. The van der Waals surface area contributed by atoms with E-state index in [-0.39, 0.29) is 24.6 Å². The first-order valence-corrected chi connectivity index (χ1v) is 7.89. The van der Waals surface area contributed by atoms with Gasteiger partial charge in [0.25, 0.3) is 0 Å². The van der Waals surface area contributed by atoms with E-state index in [1.807, 2.05) is 56.3 Å². The normalized spacial score (nSPS) is 10.3. The molecule has 0 aliphatic carbocycles. The quantitative estimate of drug-likeness (QED) is 0.570. The summed E-state index contributed by atoms with van der Waals surface area (Å²) in [7, 11) is 1.32. The Morgan fingerprint density at radius 2 is 1.58 bits per heavy atom. The topological polar surface area (TPSA) is 52.6 Å². The van der Waals surface area contributed by atoms with Gasteiger partial charge in [0, 0.05) is 12.0 Å². The second-order valence-corrected chi connectivity index (χ2v) is 5.71. The highest BCUT2D eigenvalue weighted by atomic mass is 16.5. The van der Waals surface area contributed by atoms with E-state index in [4.69, 9.17) is 4.74 Å². The lowest BCUT2D eigenvalue weighted by Crippen LogP contribution is -2.07. The number of hydrogen-bond donors (Lipinski definition) is 0. The smallest absolute Gasteiger partial charge is 0.305 e. The summed E-state index contributed by atoms with van der Waals surface area (Å²) in [5.74, 6) is 0.351. The van der Waals surface area contributed by atoms with Gasteiger partial charge in [0.2, 0.25) is 0 Å². The summed E-state index contributed by atoms with van der Waals surface area (Å²) >= 11 is 0. The van der Waals surface area contributed by atoms with Crippen molar-refractivity contribution in [1.82, 2.24) is 0 Å². The Morgan fingerprint density at radius 3 is 2.17 bits per heavy atom. The molecule has 0 spiro atoms. The maximum absolute atomic E-state index is 12.2. The zero-order valence-electron chi connectivity index (χ0n) is 14.3. The fourth-order valence-electron chi connectivity index (χ4n) is 2.53. The van der Waals surface area contributed by atoms with E-state index in [2.05, 4.69) is 4.74 Å². The van der Waals surface area contributed by atoms with Gasteiger partial charge in [0.05, 0.1) is 13.5 Å². The van der Waals surface area contributed by atoms with Gasteiger partial charge >= 0.3 is 5.97 Å². The van der Waals surface area contributed by atoms with Crippen molar-refractivity contribution in [3.05, 3.63) is 64.7 Å². The zero-order valence-corrected chi connectivity index (χ0v) is 14.3. The lowest BCUT2D eigenvalue weighted by atomic mass is 10.0. The summed E-state index contributed by atoms with van der Waals surface area (Å²) in [6.45, 7) is 4.33. The van der Waals surface area contributed by atoms with Crippen LogP contribution >= 0.6 is 0 Å². The lowest BCUT2D eigenvalue weighted by Gasteiger charge is -2.14. The molecule has 4 heteroatoms. The van der Waals surface area contributed by atoms with Gasteiger partial charge in [-0.2, -0.15) is 0 Å². The second kappa shape index (κ2) is 8.29. The highest BCUT2D eigenvalue weighted by Gasteiger charge is 2.13. The number of carbonyl (C=O) groups excluding carboxylic acids is 2. The Labute approximate surface area is 142 Å². The lowest BCUT2D eigenvalue weighted by molar-refractivity contribution is -0.140. The van der Waals surface area contributed by atoms with Crippen molar-refractivity contribution < 1.29 is 19.1 Å². The van der Waals surface area contributed by atoms with E-state index in [1.54, 1.807) is 0 Å². The van der Waals surface area contributed by atoms with Gasteiger partial charge in [0.1, 0.15) is 12.4 Å².